The van der Waals surface area contributed by atoms with E-state index in [-0.39, 0.29) is 12.1 Å². The highest BCUT2D eigenvalue weighted by Crippen LogP contribution is 2.37. The van der Waals surface area contributed by atoms with Crippen LogP contribution in [0.15, 0.2) is 42.5 Å². The van der Waals surface area contributed by atoms with Gasteiger partial charge in [-0.25, -0.2) is 4.90 Å². The van der Waals surface area contributed by atoms with E-state index in [0.29, 0.717) is 22.4 Å². The van der Waals surface area contributed by atoms with Gasteiger partial charge in [0.05, 0.1) is 37.5 Å². The highest BCUT2D eigenvalue weighted by molar-refractivity contribution is 6.35. The lowest BCUT2D eigenvalue weighted by Gasteiger charge is -2.20. The first-order valence-corrected chi connectivity index (χ1v) is 7.29. The number of benzene rings is 2. The molecule has 0 spiro atoms. The summed E-state index contributed by atoms with van der Waals surface area (Å²) in [6, 6.07) is 11.6. The van der Waals surface area contributed by atoms with E-state index >= 15 is 0 Å². The third-order valence-corrected chi connectivity index (χ3v) is 3.88. The molecule has 1 aliphatic heterocycles. The number of anilines is 1. The number of para-hydroxylation sites is 1. The van der Waals surface area contributed by atoms with Crippen LogP contribution in [-0.4, -0.2) is 32.0 Å². The fraction of sp³-hybridized carbons (Fsp3) is 0.167. The zero-order valence-corrected chi connectivity index (χ0v) is 13.2. The summed E-state index contributed by atoms with van der Waals surface area (Å²) in [5.74, 6) is -1.01. The number of hydrogen-bond donors (Lipinski definition) is 0. The van der Waals surface area contributed by atoms with Crippen LogP contribution in [0.2, 0.25) is 0 Å². The zero-order chi connectivity index (χ0) is 17.3. The molecule has 2 amide bonds. The van der Waals surface area contributed by atoms with Crippen molar-refractivity contribution in [3.8, 4) is 5.75 Å². The molecule has 0 radical (unpaired) electrons. The van der Waals surface area contributed by atoms with Crippen LogP contribution in [0.3, 0.4) is 0 Å². The van der Waals surface area contributed by atoms with Crippen molar-refractivity contribution in [2.45, 2.75) is 6.42 Å². The highest BCUT2D eigenvalue weighted by Gasteiger charge is 2.39. The number of ether oxygens (including phenoxy) is 2. The van der Waals surface area contributed by atoms with Gasteiger partial charge in [-0.05, 0) is 23.8 Å². The largest absolute Gasteiger partial charge is 0.495 e. The minimum Gasteiger partial charge on any atom is -0.495 e. The highest BCUT2D eigenvalue weighted by atomic mass is 16.5. The Morgan fingerprint density at radius 3 is 2.12 bits per heavy atom. The van der Waals surface area contributed by atoms with Crippen molar-refractivity contribution in [2.75, 3.05) is 19.1 Å². The second kappa shape index (κ2) is 6.16. The number of carbonyl (C=O) groups is 3. The number of fused-ring (bicyclic) bond motifs is 1. The van der Waals surface area contributed by atoms with Gasteiger partial charge in [0, 0.05) is 0 Å². The van der Waals surface area contributed by atoms with E-state index in [1.807, 2.05) is 0 Å². The predicted molar refractivity (Wildman–Crippen MR) is 86.3 cm³/mol. The molecule has 0 saturated carbocycles. The van der Waals surface area contributed by atoms with Crippen molar-refractivity contribution in [1.29, 1.82) is 0 Å². The van der Waals surface area contributed by atoms with E-state index in [0.717, 1.165) is 4.90 Å². The van der Waals surface area contributed by atoms with Gasteiger partial charge in [-0.3, -0.25) is 14.4 Å². The van der Waals surface area contributed by atoms with Crippen molar-refractivity contribution >= 4 is 23.5 Å². The molecule has 0 aromatic heterocycles. The Kier molecular flexibility index (Phi) is 4.04. The molecule has 2 aromatic rings. The van der Waals surface area contributed by atoms with Crippen LogP contribution in [0, 0.1) is 0 Å². The van der Waals surface area contributed by atoms with Gasteiger partial charge in [-0.1, -0.05) is 24.3 Å². The topological polar surface area (TPSA) is 72.9 Å². The normalized spacial score (nSPS) is 13.0. The number of carbonyl (C=O) groups excluding carboxylic acids is 3. The van der Waals surface area contributed by atoms with Crippen LogP contribution < -0.4 is 9.64 Å². The molecule has 0 N–H and O–H groups in total. The first kappa shape index (κ1) is 15.7. The number of nitrogens with zero attached hydrogens (tertiary/aromatic N) is 1. The van der Waals surface area contributed by atoms with Gasteiger partial charge in [0.15, 0.2) is 0 Å². The van der Waals surface area contributed by atoms with Gasteiger partial charge in [-0.2, -0.15) is 0 Å². The fourth-order valence-electron chi connectivity index (χ4n) is 2.75. The van der Waals surface area contributed by atoms with Gasteiger partial charge < -0.3 is 9.47 Å². The third kappa shape index (κ3) is 2.42. The lowest BCUT2D eigenvalue weighted by atomic mass is 10.1. The molecular weight excluding hydrogens is 310 g/mol. The number of rotatable bonds is 4. The van der Waals surface area contributed by atoms with Gasteiger partial charge in [0.25, 0.3) is 11.8 Å². The molecule has 1 aliphatic rings. The van der Waals surface area contributed by atoms with Gasteiger partial charge in [0.2, 0.25) is 0 Å². The summed E-state index contributed by atoms with van der Waals surface area (Å²) < 4.78 is 10.0. The summed E-state index contributed by atoms with van der Waals surface area (Å²) in [6.45, 7) is 0. The Bertz CT molecular complexity index is 808. The third-order valence-electron chi connectivity index (χ3n) is 3.88. The van der Waals surface area contributed by atoms with Gasteiger partial charge >= 0.3 is 5.97 Å². The van der Waals surface area contributed by atoms with E-state index in [2.05, 4.69) is 0 Å². The molecule has 0 atom stereocenters. The van der Waals surface area contributed by atoms with Crippen LogP contribution in [-0.2, 0) is 16.0 Å². The molecule has 24 heavy (non-hydrogen) atoms. The summed E-state index contributed by atoms with van der Waals surface area (Å²) in [5.41, 5.74) is 1.42. The second-order valence-corrected chi connectivity index (χ2v) is 5.21. The molecular formula is C18H15NO5. The first-order valence-electron chi connectivity index (χ1n) is 7.29. The molecule has 0 unspecified atom stereocenters. The molecule has 6 nitrogen and oxygen atoms in total. The molecule has 0 bridgehead atoms. The van der Waals surface area contributed by atoms with E-state index < -0.39 is 17.8 Å². The Hall–Kier alpha value is -3.15. The van der Waals surface area contributed by atoms with E-state index in [4.69, 9.17) is 9.47 Å². The summed E-state index contributed by atoms with van der Waals surface area (Å²) in [4.78, 5) is 38.2. The lowest BCUT2D eigenvalue weighted by Crippen LogP contribution is -2.31. The van der Waals surface area contributed by atoms with Crippen molar-refractivity contribution in [2.24, 2.45) is 0 Å². The number of amides is 2. The maximum Gasteiger partial charge on any atom is 0.310 e. The van der Waals surface area contributed by atoms with E-state index in [1.165, 1.54) is 14.2 Å². The van der Waals surface area contributed by atoms with Crippen molar-refractivity contribution in [3.63, 3.8) is 0 Å². The monoisotopic (exact) mass is 325 g/mol. The molecule has 1 heterocycles. The van der Waals surface area contributed by atoms with E-state index in [1.54, 1.807) is 42.5 Å². The Labute approximate surface area is 138 Å². The molecule has 0 saturated heterocycles. The molecule has 6 heteroatoms. The minimum atomic E-state index is -0.471. The second-order valence-electron chi connectivity index (χ2n) is 5.21. The summed E-state index contributed by atoms with van der Waals surface area (Å²) in [5, 5.41) is 0. The van der Waals surface area contributed by atoms with Crippen molar-refractivity contribution < 1.29 is 23.9 Å². The van der Waals surface area contributed by atoms with Crippen molar-refractivity contribution in [1.82, 2.24) is 0 Å². The molecule has 0 aliphatic carbocycles. The number of hydrogen-bond acceptors (Lipinski definition) is 5. The number of imide groups is 1. The van der Waals surface area contributed by atoms with Crippen molar-refractivity contribution in [3.05, 3.63) is 59.2 Å². The van der Waals surface area contributed by atoms with Crippen LogP contribution in [0.5, 0.6) is 5.75 Å². The molecule has 2 aromatic carbocycles. The Balaban J connectivity index is 2.14. The fourth-order valence-corrected chi connectivity index (χ4v) is 2.75. The first-order chi connectivity index (χ1) is 11.6. The Morgan fingerprint density at radius 1 is 0.958 bits per heavy atom. The van der Waals surface area contributed by atoms with Crippen LogP contribution in [0.4, 0.5) is 5.69 Å². The minimum absolute atomic E-state index is 0.0730. The van der Waals surface area contributed by atoms with Crippen LogP contribution >= 0.6 is 0 Å². The maximum absolute atomic E-state index is 12.7. The molecule has 0 fully saturated rings. The number of esters is 1. The van der Waals surface area contributed by atoms with E-state index in [9.17, 15) is 14.4 Å². The summed E-state index contributed by atoms with van der Waals surface area (Å²) >= 11 is 0. The average molecular weight is 325 g/mol. The standard InChI is InChI=1S/C18H15NO5/c1-23-14-9-5-6-11(10-15(20)24-2)16(14)19-17(21)12-7-3-4-8-13(12)18(19)22/h3-9H,10H2,1-2H3. The number of methoxy groups -OCH3 is 2. The maximum atomic E-state index is 12.7. The predicted octanol–water partition coefficient (Wildman–Crippen LogP) is 2.21. The summed E-state index contributed by atoms with van der Waals surface area (Å²) in [6.07, 6.45) is -0.0730. The molecule has 3 rings (SSSR count). The smallest absolute Gasteiger partial charge is 0.310 e. The zero-order valence-electron chi connectivity index (χ0n) is 13.2. The molecule has 122 valence electrons. The lowest BCUT2D eigenvalue weighted by molar-refractivity contribution is -0.139. The SMILES string of the molecule is COC(=O)Cc1cccc(OC)c1N1C(=O)c2ccccc2C1=O. The summed E-state index contributed by atoms with van der Waals surface area (Å²) in [7, 11) is 2.73. The average Bonchev–Trinajstić information content (AvgIpc) is 2.86. The van der Waals surface area contributed by atoms with Crippen LogP contribution in [0.1, 0.15) is 26.3 Å². The Morgan fingerprint density at radius 2 is 1.58 bits per heavy atom. The van der Waals surface area contributed by atoms with Gasteiger partial charge in [-0.15, -0.1) is 0 Å². The quantitative estimate of drug-likeness (QED) is 0.636. The van der Waals surface area contributed by atoms with Gasteiger partial charge in [0.1, 0.15) is 5.75 Å². The van der Waals surface area contributed by atoms with Crippen LogP contribution in [0.25, 0.3) is 0 Å².